The van der Waals surface area contributed by atoms with Crippen molar-refractivity contribution in [2.75, 3.05) is 0 Å². The summed E-state index contributed by atoms with van der Waals surface area (Å²) in [7, 11) is 0. The van der Waals surface area contributed by atoms with Crippen LogP contribution >= 0.6 is 22.7 Å². The van der Waals surface area contributed by atoms with Gasteiger partial charge in [0.2, 0.25) is 5.78 Å². The van der Waals surface area contributed by atoms with Crippen molar-refractivity contribution in [3.63, 3.8) is 0 Å². The van der Waals surface area contributed by atoms with Crippen LogP contribution in [0.1, 0.15) is 14.5 Å². The normalized spacial score (nSPS) is 11.0. The van der Waals surface area contributed by atoms with E-state index >= 15 is 0 Å². The highest BCUT2D eigenvalue weighted by atomic mass is 32.1. The lowest BCUT2D eigenvalue weighted by Gasteiger charge is -2.04. The van der Waals surface area contributed by atoms with Crippen molar-refractivity contribution in [1.29, 1.82) is 5.26 Å². The number of nitriles is 1. The predicted molar refractivity (Wildman–Crippen MR) is 93.1 cm³/mol. The molecule has 3 nitrogen and oxygen atoms in total. The van der Waals surface area contributed by atoms with Gasteiger partial charge in [0.05, 0.1) is 9.75 Å². The van der Waals surface area contributed by atoms with E-state index in [0.29, 0.717) is 16.4 Å². The second kappa shape index (κ2) is 7.05. The fourth-order valence-corrected chi connectivity index (χ4v) is 3.36. The van der Waals surface area contributed by atoms with Crippen molar-refractivity contribution >= 4 is 34.5 Å². The Morgan fingerprint density at radius 3 is 2.57 bits per heavy atom. The van der Waals surface area contributed by atoms with Crippen molar-refractivity contribution in [2.45, 2.75) is 0 Å². The van der Waals surface area contributed by atoms with Crippen LogP contribution in [0.15, 0.2) is 64.9 Å². The molecule has 0 atom stereocenters. The van der Waals surface area contributed by atoms with Crippen LogP contribution < -0.4 is 4.74 Å². The highest BCUT2D eigenvalue weighted by molar-refractivity contribution is 7.12. The molecule has 0 saturated carbocycles. The lowest BCUT2D eigenvalue weighted by Crippen LogP contribution is -1.98. The molecule has 0 bridgehead atoms. The number of hydrogen-bond donors (Lipinski definition) is 0. The van der Waals surface area contributed by atoms with E-state index in [1.165, 1.54) is 22.7 Å². The van der Waals surface area contributed by atoms with Crippen LogP contribution in [-0.2, 0) is 0 Å². The molecule has 0 fully saturated rings. The first-order valence-corrected chi connectivity index (χ1v) is 8.54. The molecular weight excluding hydrogens is 326 g/mol. The number of benzene rings is 1. The number of para-hydroxylation sites is 1. The number of thiophene rings is 2. The van der Waals surface area contributed by atoms with E-state index in [-0.39, 0.29) is 11.4 Å². The maximum Gasteiger partial charge on any atom is 0.213 e. The fraction of sp³-hybridized carbons (Fsp3) is 0. The number of ether oxygens (including phenoxy) is 1. The zero-order chi connectivity index (χ0) is 16.1. The van der Waals surface area contributed by atoms with Gasteiger partial charge < -0.3 is 4.74 Å². The Bertz CT molecular complexity index is 871. The summed E-state index contributed by atoms with van der Waals surface area (Å²) in [5.41, 5.74) is 0.104. The molecule has 3 aromatic rings. The first-order chi connectivity index (χ1) is 11.3. The maximum absolute atomic E-state index is 12.3. The van der Waals surface area contributed by atoms with Gasteiger partial charge in [0, 0.05) is 0 Å². The molecule has 0 aliphatic carbocycles. The van der Waals surface area contributed by atoms with E-state index in [1.807, 2.05) is 53.2 Å². The second-order valence-corrected chi connectivity index (χ2v) is 6.44. The quantitative estimate of drug-likeness (QED) is 0.356. The molecule has 2 heterocycles. The van der Waals surface area contributed by atoms with Gasteiger partial charge in [-0.05, 0) is 41.1 Å². The van der Waals surface area contributed by atoms with Gasteiger partial charge in [-0.15, -0.1) is 22.7 Å². The average molecular weight is 337 g/mol. The Morgan fingerprint density at radius 2 is 1.87 bits per heavy atom. The van der Waals surface area contributed by atoms with E-state index < -0.39 is 0 Å². The minimum Gasteiger partial charge on any atom is -0.456 e. The number of hydrogen-bond acceptors (Lipinski definition) is 5. The summed E-state index contributed by atoms with van der Waals surface area (Å²) in [6.45, 7) is 0. The third-order valence-corrected chi connectivity index (χ3v) is 4.73. The number of carbonyl (C=O) groups is 1. The summed E-state index contributed by atoms with van der Waals surface area (Å²) in [6, 6.07) is 16.7. The first kappa shape index (κ1) is 15.2. The zero-order valence-electron chi connectivity index (χ0n) is 11.9. The van der Waals surface area contributed by atoms with Gasteiger partial charge in [-0.3, -0.25) is 4.79 Å². The number of allylic oxidation sites excluding steroid dienone is 1. The molecule has 5 heteroatoms. The molecule has 0 N–H and O–H groups in total. The van der Waals surface area contributed by atoms with Gasteiger partial charge in [0.15, 0.2) is 0 Å². The highest BCUT2D eigenvalue weighted by Crippen LogP contribution is 2.32. The van der Waals surface area contributed by atoms with Gasteiger partial charge in [0.25, 0.3) is 0 Å². The van der Waals surface area contributed by atoms with Crippen LogP contribution in [0.5, 0.6) is 11.5 Å². The highest BCUT2D eigenvalue weighted by Gasteiger charge is 2.15. The largest absolute Gasteiger partial charge is 0.456 e. The van der Waals surface area contributed by atoms with E-state index in [0.717, 1.165) is 4.88 Å². The third kappa shape index (κ3) is 3.57. The summed E-state index contributed by atoms with van der Waals surface area (Å²) in [4.78, 5) is 13.6. The average Bonchev–Trinajstić information content (AvgIpc) is 3.25. The number of nitrogens with zero attached hydrogens (tertiary/aromatic N) is 1. The van der Waals surface area contributed by atoms with Gasteiger partial charge in [-0.1, -0.05) is 24.3 Å². The molecule has 0 unspecified atom stereocenters. The molecule has 0 amide bonds. The van der Waals surface area contributed by atoms with Crippen LogP contribution in [0.3, 0.4) is 0 Å². The lowest BCUT2D eigenvalue weighted by atomic mass is 10.1. The van der Waals surface area contributed by atoms with Crippen molar-refractivity contribution in [3.05, 3.63) is 74.6 Å². The summed E-state index contributed by atoms with van der Waals surface area (Å²) >= 11 is 2.75. The number of Topliss-reactive ketones (excluding diaryl/α,β-unsaturated/α-hetero) is 1. The van der Waals surface area contributed by atoms with Crippen molar-refractivity contribution in [3.8, 4) is 17.6 Å². The summed E-state index contributed by atoms with van der Waals surface area (Å²) < 4.78 is 5.81. The standard InChI is InChI=1S/C18H11NO2S2/c19-12-13(18(20)16-7-4-9-22-16)11-17-15(8-10-23-17)21-14-5-2-1-3-6-14/h1-11H. The van der Waals surface area contributed by atoms with E-state index in [1.54, 1.807) is 18.2 Å². The molecule has 0 aliphatic heterocycles. The third-order valence-electron chi connectivity index (χ3n) is 3.01. The molecule has 0 radical (unpaired) electrons. The maximum atomic E-state index is 12.3. The van der Waals surface area contributed by atoms with Gasteiger partial charge >= 0.3 is 0 Å². The molecule has 1 aromatic carbocycles. The smallest absolute Gasteiger partial charge is 0.213 e. The first-order valence-electron chi connectivity index (χ1n) is 6.78. The summed E-state index contributed by atoms with van der Waals surface area (Å²) in [5.74, 6) is 1.08. The second-order valence-electron chi connectivity index (χ2n) is 4.54. The van der Waals surface area contributed by atoms with Crippen molar-refractivity contribution in [1.82, 2.24) is 0 Å². The summed E-state index contributed by atoms with van der Waals surface area (Å²) in [5, 5.41) is 13.0. The molecule has 0 aliphatic rings. The summed E-state index contributed by atoms with van der Waals surface area (Å²) in [6.07, 6.45) is 1.59. The minimum absolute atomic E-state index is 0.104. The Morgan fingerprint density at radius 1 is 1.04 bits per heavy atom. The zero-order valence-corrected chi connectivity index (χ0v) is 13.6. The van der Waals surface area contributed by atoms with Crippen LogP contribution in [0.25, 0.3) is 6.08 Å². The number of carbonyl (C=O) groups excluding carboxylic acids is 1. The Labute approximate surface area is 141 Å². The van der Waals surface area contributed by atoms with E-state index in [2.05, 4.69) is 0 Å². The topological polar surface area (TPSA) is 50.1 Å². The van der Waals surface area contributed by atoms with Crippen LogP contribution in [0, 0.1) is 11.3 Å². The van der Waals surface area contributed by atoms with Gasteiger partial charge in [0.1, 0.15) is 23.1 Å². The Kier molecular flexibility index (Phi) is 4.67. The monoisotopic (exact) mass is 337 g/mol. The Balaban J connectivity index is 1.89. The molecule has 112 valence electrons. The number of ketones is 1. The van der Waals surface area contributed by atoms with Crippen LogP contribution in [-0.4, -0.2) is 5.78 Å². The molecule has 23 heavy (non-hydrogen) atoms. The van der Waals surface area contributed by atoms with Gasteiger partial charge in [-0.2, -0.15) is 5.26 Å². The molecular formula is C18H11NO2S2. The number of rotatable bonds is 5. The molecule has 0 spiro atoms. The Hall–Kier alpha value is -2.68. The minimum atomic E-state index is -0.262. The van der Waals surface area contributed by atoms with E-state index in [4.69, 9.17) is 4.74 Å². The predicted octanol–water partition coefficient (Wildman–Crippen LogP) is 5.39. The van der Waals surface area contributed by atoms with E-state index in [9.17, 15) is 10.1 Å². The lowest BCUT2D eigenvalue weighted by molar-refractivity contribution is 0.104. The SMILES string of the molecule is N#CC(=Cc1sccc1Oc1ccccc1)C(=O)c1cccs1. The van der Waals surface area contributed by atoms with Crippen molar-refractivity contribution < 1.29 is 9.53 Å². The molecule has 0 saturated heterocycles. The van der Waals surface area contributed by atoms with Crippen LogP contribution in [0.2, 0.25) is 0 Å². The molecule has 3 rings (SSSR count). The van der Waals surface area contributed by atoms with Crippen LogP contribution in [0.4, 0.5) is 0 Å². The fourth-order valence-electron chi connectivity index (χ4n) is 1.93. The van der Waals surface area contributed by atoms with Crippen molar-refractivity contribution in [2.24, 2.45) is 0 Å². The van der Waals surface area contributed by atoms with Gasteiger partial charge in [-0.25, -0.2) is 0 Å². The molecule has 2 aromatic heterocycles.